The van der Waals surface area contributed by atoms with Crippen LogP contribution < -0.4 is 15.5 Å². The summed E-state index contributed by atoms with van der Waals surface area (Å²) in [7, 11) is 0. The van der Waals surface area contributed by atoms with E-state index in [0.29, 0.717) is 15.1 Å². The lowest BCUT2D eigenvalue weighted by molar-refractivity contribution is -0.115. The molecule has 6 nitrogen and oxygen atoms in total. The van der Waals surface area contributed by atoms with Crippen LogP contribution in [0, 0.1) is 0 Å². The zero-order chi connectivity index (χ0) is 23.4. The zero-order valence-corrected chi connectivity index (χ0v) is 19.8. The Balaban J connectivity index is 1.34. The van der Waals surface area contributed by atoms with Crippen LogP contribution in [-0.4, -0.2) is 36.1 Å². The number of halogens is 1. The number of aliphatic hydroxyl groups is 1. The van der Waals surface area contributed by atoms with Gasteiger partial charge in [0.1, 0.15) is 0 Å². The van der Waals surface area contributed by atoms with E-state index in [4.69, 9.17) is 11.6 Å². The van der Waals surface area contributed by atoms with Crippen molar-refractivity contribution in [2.45, 2.75) is 31.8 Å². The van der Waals surface area contributed by atoms with Crippen molar-refractivity contribution in [3.05, 3.63) is 75.4 Å². The third-order valence-corrected chi connectivity index (χ3v) is 6.70. The topological polar surface area (TPSA) is 81.7 Å². The summed E-state index contributed by atoms with van der Waals surface area (Å²) in [5.41, 5.74) is 3.76. The molecule has 0 radical (unpaired) electrons. The first-order chi connectivity index (χ1) is 15.9. The smallest absolute Gasteiger partial charge is 0.261 e. The van der Waals surface area contributed by atoms with Gasteiger partial charge in [0.05, 0.1) is 21.0 Å². The molecule has 1 fully saturated rings. The Hall–Kier alpha value is -2.87. The number of nitrogens with zero attached hydrogens (tertiary/aromatic N) is 1. The van der Waals surface area contributed by atoms with E-state index in [0.717, 1.165) is 29.9 Å². The maximum absolute atomic E-state index is 12.5. The van der Waals surface area contributed by atoms with E-state index >= 15 is 0 Å². The van der Waals surface area contributed by atoms with Gasteiger partial charge in [0, 0.05) is 31.4 Å². The molecular formula is C25H26ClN3O3S. The first kappa shape index (κ1) is 23.3. The molecule has 3 N–H and O–H groups in total. The number of benzene rings is 2. The van der Waals surface area contributed by atoms with Crippen LogP contribution in [0.2, 0.25) is 4.34 Å². The van der Waals surface area contributed by atoms with Crippen LogP contribution in [0.5, 0.6) is 0 Å². The van der Waals surface area contributed by atoms with Gasteiger partial charge in [-0.3, -0.25) is 14.5 Å². The lowest BCUT2D eigenvalue weighted by Gasteiger charge is -2.24. The highest BCUT2D eigenvalue weighted by atomic mass is 35.5. The predicted octanol–water partition coefficient (Wildman–Crippen LogP) is 5.17. The quantitative estimate of drug-likeness (QED) is 0.392. The zero-order valence-electron chi connectivity index (χ0n) is 18.3. The molecule has 2 amide bonds. The van der Waals surface area contributed by atoms with Crippen molar-refractivity contribution < 1.29 is 14.7 Å². The summed E-state index contributed by atoms with van der Waals surface area (Å²) in [6.07, 6.45) is 1.56. The molecule has 33 heavy (non-hydrogen) atoms. The highest BCUT2D eigenvalue weighted by Gasteiger charge is 2.28. The molecule has 0 saturated heterocycles. The highest BCUT2D eigenvalue weighted by molar-refractivity contribution is 7.18. The molecule has 1 unspecified atom stereocenters. The second-order valence-corrected chi connectivity index (χ2v) is 9.80. The molecule has 172 valence electrons. The van der Waals surface area contributed by atoms with Crippen LogP contribution in [-0.2, 0) is 4.79 Å². The van der Waals surface area contributed by atoms with Gasteiger partial charge in [-0.2, -0.15) is 0 Å². The normalized spacial score (nSPS) is 13.9. The largest absolute Gasteiger partial charge is 0.389 e. The average Bonchev–Trinajstić information content (AvgIpc) is 3.57. The fraction of sp³-hybridized carbons (Fsp3) is 0.280. The number of carbonyl (C=O) groups is 2. The number of nitrogens with one attached hydrogen (secondary N) is 2. The van der Waals surface area contributed by atoms with Crippen LogP contribution in [0.15, 0.2) is 60.7 Å². The van der Waals surface area contributed by atoms with Crippen molar-refractivity contribution >= 4 is 51.8 Å². The third kappa shape index (κ3) is 5.93. The fourth-order valence-electron chi connectivity index (χ4n) is 3.69. The summed E-state index contributed by atoms with van der Waals surface area (Å²) in [6, 6.07) is 18.9. The molecule has 2 aromatic carbocycles. The Bertz CT molecular complexity index is 1130. The summed E-state index contributed by atoms with van der Waals surface area (Å²) in [5, 5.41) is 16.1. The lowest BCUT2D eigenvalue weighted by atomic mass is 10.1. The number of rotatable bonds is 9. The molecule has 0 bridgehead atoms. The van der Waals surface area contributed by atoms with Gasteiger partial charge in [0.15, 0.2) is 0 Å². The number of hydrogen-bond acceptors (Lipinski definition) is 5. The fourth-order valence-corrected chi connectivity index (χ4v) is 4.65. The van der Waals surface area contributed by atoms with Crippen LogP contribution in [0.1, 0.15) is 40.9 Å². The average molecular weight is 484 g/mol. The predicted molar refractivity (Wildman–Crippen MR) is 134 cm³/mol. The van der Waals surface area contributed by atoms with E-state index in [1.807, 2.05) is 42.5 Å². The van der Waals surface area contributed by atoms with Gasteiger partial charge in [-0.05, 0) is 66.8 Å². The van der Waals surface area contributed by atoms with Crippen molar-refractivity contribution in [1.29, 1.82) is 0 Å². The Labute approximate surface area is 202 Å². The minimum atomic E-state index is -0.761. The first-order valence-electron chi connectivity index (χ1n) is 10.9. The standard InChI is InChI=1S/C25H26ClN3O3S/c1-16(30)29(22-5-3-2-4-21(22)17-6-7-17)19-10-8-18(9-11-19)27-14-20(31)15-28-25(32)23-12-13-24(26)33-23/h2-5,8-13,17,20,27,31H,6-7,14-15H2,1H3,(H,28,32). The molecule has 0 aliphatic heterocycles. The Morgan fingerprint density at radius 2 is 1.82 bits per heavy atom. The van der Waals surface area contributed by atoms with Gasteiger partial charge in [0.2, 0.25) is 5.91 Å². The maximum Gasteiger partial charge on any atom is 0.261 e. The second kappa shape index (κ2) is 10.4. The summed E-state index contributed by atoms with van der Waals surface area (Å²) in [5.74, 6) is 0.232. The van der Waals surface area contributed by atoms with Gasteiger partial charge in [0.25, 0.3) is 5.91 Å². The van der Waals surface area contributed by atoms with Gasteiger partial charge in [-0.15, -0.1) is 11.3 Å². The van der Waals surface area contributed by atoms with E-state index in [-0.39, 0.29) is 24.9 Å². The minimum Gasteiger partial charge on any atom is -0.389 e. The third-order valence-electron chi connectivity index (χ3n) is 5.47. The van der Waals surface area contributed by atoms with Crippen LogP contribution in [0.3, 0.4) is 0 Å². The second-order valence-electron chi connectivity index (χ2n) is 8.08. The van der Waals surface area contributed by atoms with Gasteiger partial charge >= 0.3 is 0 Å². The number of para-hydroxylation sites is 1. The van der Waals surface area contributed by atoms with E-state index < -0.39 is 6.10 Å². The van der Waals surface area contributed by atoms with E-state index in [1.54, 1.807) is 24.0 Å². The molecule has 8 heteroatoms. The molecule has 1 aromatic heterocycles. The van der Waals surface area contributed by atoms with E-state index in [9.17, 15) is 14.7 Å². The maximum atomic E-state index is 12.5. The summed E-state index contributed by atoms with van der Waals surface area (Å²) in [4.78, 5) is 26.8. The number of carbonyl (C=O) groups excluding carboxylic acids is 2. The summed E-state index contributed by atoms with van der Waals surface area (Å²) < 4.78 is 0.546. The van der Waals surface area contributed by atoms with Crippen LogP contribution in [0.4, 0.5) is 17.1 Å². The molecule has 1 aliphatic rings. The molecule has 1 saturated carbocycles. The van der Waals surface area contributed by atoms with Gasteiger partial charge in [-0.25, -0.2) is 0 Å². The molecule has 4 rings (SSSR count). The first-order valence-corrected chi connectivity index (χ1v) is 12.1. The number of amides is 2. The Morgan fingerprint density at radius 3 is 2.45 bits per heavy atom. The molecular weight excluding hydrogens is 458 g/mol. The number of aliphatic hydroxyl groups excluding tert-OH is 1. The molecule has 1 aliphatic carbocycles. The number of thiophene rings is 1. The molecule has 1 heterocycles. The molecule has 3 aromatic rings. The minimum absolute atomic E-state index is 0.0398. The monoisotopic (exact) mass is 483 g/mol. The van der Waals surface area contributed by atoms with Crippen molar-refractivity contribution in [1.82, 2.24) is 5.32 Å². The van der Waals surface area contributed by atoms with Crippen molar-refractivity contribution in [3.8, 4) is 0 Å². The SMILES string of the molecule is CC(=O)N(c1ccc(NCC(O)CNC(=O)c2ccc(Cl)s2)cc1)c1ccccc1C1CC1. The number of hydrogen-bond donors (Lipinski definition) is 3. The van der Waals surface area contributed by atoms with Gasteiger partial charge < -0.3 is 15.7 Å². The van der Waals surface area contributed by atoms with E-state index in [2.05, 4.69) is 16.7 Å². The van der Waals surface area contributed by atoms with Crippen LogP contribution >= 0.6 is 22.9 Å². The van der Waals surface area contributed by atoms with Crippen molar-refractivity contribution in [2.24, 2.45) is 0 Å². The summed E-state index contributed by atoms with van der Waals surface area (Å²) in [6.45, 7) is 1.96. The molecule has 1 atom stereocenters. The molecule has 0 spiro atoms. The van der Waals surface area contributed by atoms with E-state index in [1.165, 1.54) is 16.9 Å². The van der Waals surface area contributed by atoms with Crippen LogP contribution in [0.25, 0.3) is 0 Å². The highest BCUT2D eigenvalue weighted by Crippen LogP contribution is 2.45. The summed E-state index contributed by atoms with van der Waals surface area (Å²) >= 11 is 7.04. The Morgan fingerprint density at radius 1 is 1.09 bits per heavy atom. The van der Waals surface area contributed by atoms with Crippen molar-refractivity contribution in [3.63, 3.8) is 0 Å². The Kier molecular flexibility index (Phi) is 7.33. The lowest BCUT2D eigenvalue weighted by Crippen LogP contribution is -2.35. The van der Waals surface area contributed by atoms with Gasteiger partial charge in [-0.1, -0.05) is 29.8 Å². The number of anilines is 3. The van der Waals surface area contributed by atoms with Crippen molar-refractivity contribution in [2.75, 3.05) is 23.3 Å².